The van der Waals surface area contributed by atoms with E-state index in [1.807, 2.05) is 13.8 Å². The van der Waals surface area contributed by atoms with E-state index in [1.165, 1.54) is 24.6 Å². The first-order valence-electron chi connectivity index (χ1n) is 8.64. The van der Waals surface area contributed by atoms with Crippen LogP contribution in [-0.4, -0.2) is 45.7 Å². The number of amides is 1. The van der Waals surface area contributed by atoms with Crippen LogP contribution in [0.25, 0.3) is 0 Å². The second kappa shape index (κ2) is 9.27. The Labute approximate surface area is 146 Å². The number of hydrogen-bond acceptors (Lipinski definition) is 5. The third kappa shape index (κ3) is 5.11. The fourth-order valence-electron chi connectivity index (χ4n) is 2.92. The zero-order chi connectivity index (χ0) is 17.5. The molecular weight excluding hydrogens is 328 g/mol. The monoisotopic (exact) mass is 356 g/mol. The predicted molar refractivity (Wildman–Crippen MR) is 94.2 cm³/mol. The van der Waals surface area contributed by atoms with Crippen molar-refractivity contribution in [3.63, 3.8) is 0 Å². The molecule has 0 radical (unpaired) electrons. The molecule has 1 heterocycles. The summed E-state index contributed by atoms with van der Waals surface area (Å²) in [6, 6.07) is 0.294. The van der Waals surface area contributed by atoms with Crippen LogP contribution in [-0.2, 0) is 16.1 Å². The second-order valence-electron chi connectivity index (χ2n) is 6.58. The molecule has 0 aliphatic heterocycles. The van der Waals surface area contributed by atoms with Crippen molar-refractivity contribution < 1.29 is 9.53 Å². The number of aromatic amines is 1. The van der Waals surface area contributed by atoms with E-state index in [2.05, 4.69) is 15.5 Å². The van der Waals surface area contributed by atoms with Crippen molar-refractivity contribution in [3.8, 4) is 0 Å². The number of aromatic nitrogens is 3. The molecular formula is C16H28N4O3S. The van der Waals surface area contributed by atoms with Gasteiger partial charge in [0.05, 0.1) is 5.25 Å². The summed E-state index contributed by atoms with van der Waals surface area (Å²) in [5.74, 6) is 0.191. The maximum absolute atomic E-state index is 12.6. The number of nitrogens with one attached hydrogen (secondary N) is 2. The number of rotatable bonds is 9. The molecule has 8 heteroatoms. The molecule has 1 amide bonds. The third-order valence-corrected chi connectivity index (χ3v) is 5.79. The van der Waals surface area contributed by atoms with E-state index in [4.69, 9.17) is 4.74 Å². The molecule has 24 heavy (non-hydrogen) atoms. The van der Waals surface area contributed by atoms with Crippen molar-refractivity contribution in [1.29, 1.82) is 0 Å². The van der Waals surface area contributed by atoms with Crippen LogP contribution < -0.4 is 11.0 Å². The minimum Gasteiger partial charge on any atom is -0.385 e. The summed E-state index contributed by atoms with van der Waals surface area (Å²) in [6.07, 6.45) is 5.21. The van der Waals surface area contributed by atoms with Crippen molar-refractivity contribution in [2.45, 2.75) is 68.9 Å². The predicted octanol–water partition coefficient (Wildman–Crippen LogP) is 1.78. The van der Waals surface area contributed by atoms with Crippen LogP contribution in [0, 0.1) is 5.92 Å². The maximum Gasteiger partial charge on any atom is 0.343 e. The molecule has 0 bridgehead atoms. The average Bonchev–Trinajstić information content (AvgIpc) is 3.16. The molecule has 1 aromatic heterocycles. The number of hydrogen-bond donors (Lipinski definition) is 2. The van der Waals surface area contributed by atoms with Crippen LogP contribution in [0.5, 0.6) is 0 Å². The quantitative estimate of drug-likeness (QED) is 0.520. The average molecular weight is 356 g/mol. The Balaban J connectivity index is 2.04. The summed E-state index contributed by atoms with van der Waals surface area (Å²) >= 11 is 1.36. The van der Waals surface area contributed by atoms with Gasteiger partial charge in [-0.15, -0.1) is 5.10 Å². The maximum atomic E-state index is 12.6. The fourth-order valence-corrected chi connectivity index (χ4v) is 3.99. The van der Waals surface area contributed by atoms with Gasteiger partial charge in [-0.25, -0.2) is 9.89 Å². The van der Waals surface area contributed by atoms with Crippen molar-refractivity contribution in [1.82, 2.24) is 20.1 Å². The Morgan fingerprint density at radius 2 is 2.17 bits per heavy atom. The zero-order valence-corrected chi connectivity index (χ0v) is 15.5. The summed E-state index contributed by atoms with van der Waals surface area (Å²) in [5.41, 5.74) is -0.243. The van der Waals surface area contributed by atoms with E-state index in [0.29, 0.717) is 24.3 Å². The highest BCUT2D eigenvalue weighted by Gasteiger charge is 2.28. The van der Waals surface area contributed by atoms with Gasteiger partial charge < -0.3 is 10.1 Å². The number of carbonyl (C=O) groups excluding carboxylic acids is 1. The van der Waals surface area contributed by atoms with E-state index in [1.54, 1.807) is 11.7 Å². The molecule has 136 valence electrons. The molecule has 1 atom stereocenters. The Morgan fingerprint density at radius 3 is 2.79 bits per heavy atom. The van der Waals surface area contributed by atoms with Crippen molar-refractivity contribution in [3.05, 3.63) is 10.5 Å². The molecule has 2 N–H and O–H groups in total. The fraction of sp³-hybridized carbons (Fsp3) is 0.812. The summed E-state index contributed by atoms with van der Waals surface area (Å²) in [4.78, 5) is 24.6. The minimum absolute atomic E-state index is 0.0424. The largest absolute Gasteiger partial charge is 0.385 e. The molecule has 7 nitrogen and oxygen atoms in total. The van der Waals surface area contributed by atoms with Crippen molar-refractivity contribution in [2.24, 2.45) is 5.92 Å². The van der Waals surface area contributed by atoms with Gasteiger partial charge in [-0.3, -0.25) is 9.36 Å². The van der Waals surface area contributed by atoms with Gasteiger partial charge in [0.2, 0.25) is 5.91 Å². The number of methoxy groups -OCH3 is 1. The first-order valence-corrected chi connectivity index (χ1v) is 9.52. The lowest BCUT2D eigenvalue weighted by Crippen LogP contribution is -2.41. The van der Waals surface area contributed by atoms with Crippen LogP contribution in [0.3, 0.4) is 0 Å². The highest BCUT2D eigenvalue weighted by molar-refractivity contribution is 8.00. The number of nitrogens with zero attached hydrogens (tertiary/aromatic N) is 2. The summed E-state index contributed by atoms with van der Waals surface area (Å²) in [7, 11) is 1.63. The summed E-state index contributed by atoms with van der Waals surface area (Å²) in [6.45, 7) is 5.15. The van der Waals surface area contributed by atoms with Crippen LogP contribution in [0.15, 0.2) is 9.95 Å². The molecule has 1 aliphatic rings. The first kappa shape index (κ1) is 19.1. The van der Waals surface area contributed by atoms with Gasteiger partial charge in [0.1, 0.15) is 0 Å². The molecule has 1 fully saturated rings. The highest BCUT2D eigenvalue weighted by Crippen LogP contribution is 2.27. The number of thioether (sulfide) groups is 1. The number of H-pyrrole nitrogens is 1. The molecule has 0 spiro atoms. The van der Waals surface area contributed by atoms with Gasteiger partial charge in [0.25, 0.3) is 0 Å². The van der Waals surface area contributed by atoms with Gasteiger partial charge in [-0.05, 0) is 25.2 Å². The molecule has 1 aromatic rings. The van der Waals surface area contributed by atoms with E-state index < -0.39 is 0 Å². The van der Waals surface area contributed by atoms with Gasteiger partial charge in [0.15, 0.2) is 5.16 Å². The summed E-state index contributed by atoms with van der Waals surface area (Å²) in [5, 5.41) is 10.0. The lowest BCUT2D eigenvalue weighted by molar-refractivity contribution is -0.121. The molecule has 0 aromatic carbocycles. The lowest BCUT2D eigenvalue weighted by atomic mass is 10.1. The Morgan fingerprint density at radius 1 is 1.46 bits per heavy atom. The normalized spacial score (nSPS) is 16.7. The van der Waals surface area contributed by atoms with Crippen molar-refractivity contribution in [2.75, 3.05) is 13.7 Å². The van der Waals surface area contributed by atoms with E-state index in [9.17, 15) is 9.59 Å². The molecule has 0 saturated heterocycles. The van der Waals surface area contributed by atoms with Gasteiger partial charge in [0, 0.05) is 26.3 Å². The van der Waals surface area contributed by atoms with E-state index in [0.717, 1.165) is 19.3 Å². The number of carbonyl (C=O) groups is 1. The smallest absolute Gasteiger partial charge is 0.343 e. The Kier molecular flexibility index (Phi) is 7.36. The highest BCUT2D eigenvalue weighted by atomic mass is 32.2. The standard InChI is InChI=1S/C16H28N4O3S/c1-11(2)13(14(21)17-12-7-4-5-8-12)24-16-19-18-15(22)20(16)9-6-10-23-3/h11-13H,4-10H2,1-3H3,(H,17,21)(H,18,22). The molecule has 1 aliphatic carbocycles. The van der Waals surface area contributed by atoms with Gasteiger partial charge in [-0.1, -0.05) is 38.5 Å². The second-order valence-corrected chi connectivity index (χ2v) is 7.69. The van der Waals surface area contributed by atoms with Crippen LogP contribution >= 0.6 is 11.8 Å². The minimum atomic E-state index is -0.262. The molecule has 1 unspecified atom stereocenters. The lowest BCUT2D eigenvalue weighted by Gasteiger charge is -2.22. The van der Waals surface area contributed by atoms with E-state index >= 15 is 0 Å². The van der Waals surface area contributed by atoms with Crippen LogP contribution in [0.4, 0.5) is 0 Å². The van der Waals surface area contributed by atoms with Crippen LogP contribution in [0.2, 0.25) is 0 Å². The number of ether oxygens (including phenoxy) is 1. The third-order valence-electron chi connectivity index (χ3n) is 4.25. The summed E-state index contributed by atoms with van der Waals surface area (Å²) < 4.78 is 6.62. The first-order chi connectivity index (χ1) is 11.5. The van der Waals surface area contributed by atoms with Crippen molar-refractivity contribution >= 4 is 17.7 Å². The topological polar surface area (TPSA) is 89.0 Å². The Hall–Kier alpha value is -1.28. The van der Waals surface area contributed by atoms with Gasteiger partial charge in [-0.2, -0.15) is 0 Å². The molecule has 2 rings (SSSR count). The van der Waals surface area contributed by atoms with Gasteiger partial charge >= 0.3 is 5.69 Å². The van der Waals surface area contributed by atoms with Crippen LogP contribution in [0.1, 0.15) is 46.0 Å². The van der Waals surface area contributed by atoms with E-state index in [-0.39, 0.29) is 22.8 Å². The zero-order valence-electron chi connectivity index (χ0n) is 14.7. The SMILES string of the molecule is COCCCn1c(SC(C(=O)NC2CCCC2)C(C)C)n[nH]c1=O. The molecule has 1 saturated carbocycles. The Bertz CT molecular complexity index is 578.